The zero-order valence-corrected chi connectivity index (χ0v) is 11.0. The Morgan fingerprint density at radius 2 is 1.83 bits per heavy atom. The zero-order chi connectivity index (χ0) is 12.6. The molecule has 3 N–H and O–H groups in total. The topological polar surface area (TPSA) is 46.2 Å². The van der Waals surface area contributed by atoms with Crippen molar-refractivity contribution in [3.63, 3.8) is 0 Å². The van der Waals surface area contributed by atoms with Crippen LogP contribution in [-0.2, 0) is 12.0 Å². The van der Waals surface area contributed by atoms with Crippen molar-refractivity contribution in [3.05, 3.63) is 29.3 Å². The Kier molecular flexibility index (Phi) is 3.06. The molecule has 18 heavy (non-hydrogen) atoms. The largest absolute Gasteiger partial charge is 0.399 e. The van der Waals surface area contributed by atoms with Gasteiger partial charge in [0.15, 0.2) is 0 Å². The molecule has 0 heterocycles. The molecule has 0 aliphatic heterocycles. The van der Waals surface area contributed by atoms with E-state index < -0.39 is 5.60 Å². The van der Waals surface area contributed by atoms with Crippen molar-refractivity contribution in [1.82, 2.24) is 0 Å². The molecular weight excluding hydrogens is 222 g/mol. The third kappa shape index (κ3) is 1.93. The summed E-state index contributed by atoms with van der Waals surface area (Å²) in [5.74, 6) is 0.449. The third-order valence-electron chi connectivity index (χ3n) is 4.90. The normalized spacial score (nSPS) is 28.9. The highest BCUT2D eigenvalue weighted by Gasteiger charge is 2.43. The van der Waals surface area contributed by atoms with Gasteiger partial charge in [0.25, 0.3) is 0 Å². The first-order chi connectivity index (χ1) is 8.70. The van der Waals surface area contributed by atoms with Crippen LogP contribution in [0.2, 0.25) is 0 Å². The Hall–Kier alpha value is -1.02. The van der Waals surface area contributed by atoms with E-state index in [9.17, 15) is 5.11 Å². The average molecular weight is 245 g/mol. The Balaban J connectivity index is 1.92. The molecule has 0 radical (unpaired) electrons. The maximum Gasteiger partial charge on any atom is 0.0930 e. The number of hydrogen-bond donors (Lipinski definition) is 2. The molecule has 0 bridgehead atoms. The number of nitrogen functional groups attached to an aromatic ring is 1. The van der Waals surface area contributed by atoms with Crippen LogP contribution in [0.4, 0.5) is 5.69 Å². The number of benzene rings is 1. The van der Waals surface area contributed by atoms with Crippen molar-refractivity contribution < 1.29 is 5.11 Å². The Morgan fingerprint density at radius 3 is 2.56 bits per heavy atom. The van der Waals surface area contributed by atoms with Crippen LogP contribution < -0.4 is 5.73 Å². The molecular formula is C16H23NO. The van der Waals surface area contributed by atoms with Gasteiger partial charge in [0.1, 0.15) is 0 Å². The quantitative estimate of drug-likeness (QED) is 0.588. The molecule has 1 aromatic rings. The molecule has 2 aliphatic carbocycles. The molecule has 0 saturated heterocycles. The average Bonchev–Trinajstić information content (AvgIpc) is 2.59. The Labute approximate surface area is 109 Å². The lowest BCUT2D eigenvalue weighted by Crippen LogP contribution is -2.32. The second kappa shape index (κ2) is 4.58. The summed E-state index contributed by atoms with van der Waals surface area (Å²) in [4.78, 5) is 0. The fraction of sp³-hybridized carbons (Fsp3) is 0.625. The van der Waals surface area contributed by atoms with E-state index in [2.05, 4.69) is 6.07 Å². The lowest BCUT2D eigenvalue weighted by Gasteiger charge is -2.33. The van der Waals surface area contributed by atoms with Crippen molar-refractivity contribution >= 4 is 5.69 Å². The summed E-state index contributed by atoms with van der Waals surface area (Å²) in [7, 11) is 0. The van der Waals surface area contributed by atoms with Crippen molar-refractivity contribution in [2.24, 2.45) is 5.92 Å². The molecule has 0 amide bonds. The second-order valence-corrected chi connectivity index (χ2v) is 6.03. The standard InChI is InChI=1S/C16H23NO/c17-14-7-8-15-12(11-14)9-10-16(15,18)13-5-3-1-2-4-6-13/h7-8,11,13,18H,1-6,9-10,17H2. The monoisotopic (exact) mass is 245 g/mol. The lowest BCUT2D eigenvalue weighted by molar-refractivity contribution is -0.0287. The molecule has 2 aliphatic rings. The van der Waals surface area contributed by atoms with Gasteiger partial charge in [0.2, 0.25) is 0 Å². The van der Waals surface area contributed by atoms with Crippen molar-refractivity contribution in [3.8, 4) is 0 Å². The van der Waals surface area contributed by atoms with Crippen LogP contribution in [-0.4, -0.2) is 5.11 Å². The summed E-state index contributed by atoms with van der Waals surface area (Å²) in [6.45, 7) is 0. The van der Waals surface area contributed by atoms with Gasteiger partial charge < -0.3 is 10.8 Å². The van der Waals surface area contributed by atoms with E-state index in [4.69, 9.17) is 5.73 Å². The molecule has 1 unspecified atom stereocenters. The number of hydrogen-bond acceptors (Lipinski definition) is 2. The van der Waals surface area contributed by atoms with Gasteiger partial charge in [0.05, 0.1) is 5.60 Å². The summed E-state index contributed by atoms with van der Waals surface area (Å²) in [5.41, 5.74) is 8.51. The van der Waals surface area contributed by atoms with Crippen LogP contribution in [0, 0.1) is 5.92 Å². The first-order valence-electron chi connectivity index (χ1n) is 7.31. The van der Waals surface area contributed by atoms with E-state index in [0.717, 1.165) is 24.1 Å². The predicted molar refractivity (Wildman–Crippen MR) is 74.3 cm³/mol. The Morgan fingerprint density at radius 1 is 1.11 bits per heavy atom. The Bertz CT molecular complexity index is 435. The number of fused-ring (bicyclic) bond motifs is 1. The van der Waals surface area contributed by atoms with E-state index in [1.54, 1.807) is 0 Å². The maximum atomic E-state index is 11.1. The molecule has 2 nitrogen and oxygen atoms in total. The van der Waals surface area contributed by atoms with Crippen LogP contribution in [0.3, 0.4) is 0 Å². The van der Waals surface area contributed by atoms with Gasteiger partial charge in [-0.3, -0.25) is 0 Å². The summed E-state index contributed by atoms with van der Waals surface area (Å²) >= 11 is 0. The molecule has 1 aromatic carbocycles. The molecule has 0 spiro atoms. The smallest absolute Gasteiger partial charge is 0.0930 e. The highest BCUT2D eigenvalue weighted by atomic mass is 16.3. The van der Waals surface area contributed by atoms with Crippen molar-refractivity contribution in [2.45, 2.75) is 57.0 Å². The number of aryl methyl sites for hydroxylation is 1. The summed E-state index contributed by atoms with van der Waals surface area (Å²) in [6, 6.07) is 6.04. The fourth-order valence-corrected chi connectivity index (χ4v) is 3.88. The molecule has 1 atom stereocenters. The first-order valence-corrected chi connectivity index (χ1v) is 7.31. The molecule has 1 saturated carbocycles. The lowest BCUT2D eigenvalue weighted by atomic mass is 9.78. The van der Waals surface area contributed by atoms with E-state index in [1.807, 2.05) is 12.1 Å². The van der Waals surface area contributed by atoms with E-state index in [0.29, 0.717) is 5.92 Å². The third-order valence-corrected chi connectivity index (χ3v) is 4.90. The zero-order valence-electron chi connectivity index (χ0n) is 11.0. The van der Waals surface area contributed by atoms with Crippen LogP contribution in [0.1, 0.15) is 56.1 Å². The number of nitrogens with two attached hydrogens (primary N) is 1. The summed E-state index contributed by atoms with van der Waals surface area (Å²) in [5, 5.41) is 11.1. The van der Waals surface area contributed by atoms with Crippen LogP contribution in [0.15, 0.2) is 18.2 Å². The van der Waals surface area contributed by atoms with Gasteiger partial charge >= 0.3 is 0 Å². The van der Waals surface area contributed by atoms with Crippen LogP contribution in [0.5, 0.6) is 0 Å². The molecule has 3 rings (SSSR count). The van der Waals surface area contributed by atoms with Gasteiger partial charge in [-0.2, -0.15) is 0 Å². The van der Waals surface area contributed by atoms with Gasteiger partial charge in [0, 0.05) is 5.69 Å². The van der Waals surface area contributed by atoms with Crippen molar-refractivity contribution in [2.75, 3.05) is 5.73 Å². The molecule has 0 aromatic heterocycles. The van der Waals surface area contributed by atoms with E-state index in [1.165, 1.54) is 44.1 Å². The van der Waals surface area contributed by atoms with Gasteiger partial charge in [-0.25, -0.2) is 0 Å². The minimum atomic E-state index is -0.576. The first kappa shape index (κ1) is 12.0. The van der Waals surface area contributed by atoms with Crippen molar-refractivity contribution in [1.29, 1.82) is 0 Å². The number of anilines is 1. The number of aliphatic hydroxyl groups is 1. The summed E-state index contributed by atoms with van der Waals surface area (Å²) < 4.78 is 0. The maximum absolute atomic E-state index is 11.1. The van der Waals surface area contributed by atoms with E-state index in [-0.39, 0.29) is 0 Å². The van der Waals surface area contributed by atoms with Gasteiger partial charge in [-0.15, -0.1) is 0 Å². The molecule has 2 heteroatoms. The molecule has 98 valence electrons. The minimum absolute atomic E-state index is 0.449. The van der Waals surface area contributed by atoms with Crippen LogP contribution in [0.25, 0.3) is 0 Å². The van der Waals surface area contributed by atoms with Gasteiger partial charge in [-0.1, -0.05) is 31.7 Å². The SMILES string of the molecule is Nc1ccc2c(c1)CCC2(O)C1CCCCCC1. The molecule has 1 fully saturated rings. The number of rotatable bonds is 1. The minimum Gasteiger partial charge on any atom is -0.399 e. The second-order valence-electron chi connectivity index (χ2n) is 6.03. The van der Waals surface area contributed by atoms with Crippen LogP contribution >= 0.6 is 0 Å². The highest BCUT2D eigenvalue weighted by molar-refractivity contribution is 5.49. The fourth-order valence-electron chi connectivity index (χ4n) is 3.88. The van der Waals surface area contributed by atoms with Gasteiger partial charge in [-0.05, 0) is 54.9 Å². The highest BCUT2D eigenvalue weighted by Crippen LogP contribution is 2.47. The predicted octanol–water partition coefficient (Wildman–Crippen LogP) is 3.37. The van der Waals surface area contributed by atoms with E-state index >= 15 is 0 Å². The summed E-state index contributed by atoms with van der Waals surface area (Å²) in [6.07, 6.45) is 9.45.